The summed E-state index contributed by atoms with van der Waals surface area (Å²) in [5, 5.41) is 12.0. The molecule has 2 N–H and O–H groups in total. The Morgan fingerprint density at radius 3 is 1.00 bits per heavy atom. The molecule has 0 aromatic heterocycles. The average Bonchev–Trinajstić information content (AvgIpc) is 1.00. The Labute approximate surface area is 51.2 Å². The Morgan fingerprint density at radius 2 is 1.00 bits per heavy atom. The summed E-state index contributed by atoms with van der Waals surface area (Å²) in [6, 6.07) is 0. The molecule has 2 nitrogen and oxygen atoms in total. The van der Waals surface area contributed by atoms with Crippen LogP contribution in [0.2, 0.25) is 0 Å². The van der Waals surface area contributed by atoms with Gasteiger partial charge >= 0.3 is 18.9 Å². The fourth-order valence-corrected chi connectivity index (χ4v) is 0. The fraction of sp³-hybridized carbons (Fsp3) is 0. The Kier molecular flexibility index (Phi) is 137. The maximum Gasteiger partial charge on any atom is 0 e. The van der Waals surface area contributed by atoms with Gasteiger partial charge in [-0.2, -0.15) is 0 Å². The zero-order valence-electron chi connectivity index (χ0n) is 1.39. The standard InChI is InChI=1S/Li.H2O2.Ti.H/c;1-2;;/h;1-2H;;. The van der Waals surface area contributed by atoms with Gasteiger partial charge in [0.05, 0.1) is 0 Å². The predicted molar refractivity (Wildman–Crippen MR) is 12.4 cm³/mol. The van der Waals surface area contributed by atoms with Crippen LogP contribution in [0.4, 0.5) is 0 Å². The van der Waals surface area contributed by atoms with E-state index in [0.29, 0.717) is 0 Å². The normalized spacial score (nSPS) is 1.50. The molecule has 0 heterocycles. The molecule has 0 rings (SSSR count). The minimum Gasteiger partial charge on any atom is 0 e. The van der Waals surface area contributed by atoms with Crippen molar-refractivity contribution in [1.29, 1.82) is 0 Å². The van der Waals surface area contributed by atoms with Gasteiger partial charge in [0.2, 0.25) is 0 Å². The zero-order valence-corrected chi connectivity index (χ0v) is 2.96. The molecule has 0 spiro atoms. The van der Waals surface area contributed by atoms with Gasteiger partial charge < -0.3 is 0 Å². The van der Waals surface area contributed by atoms with Crippen LogP contribution >= 0.6 is 0 Å². The van der Waals surface area contributed by atoms with Crippen LogP contribution in [-0.4, -0.2) is 29.4 Å². The summed E-state index contributed by atoms with van der Waals surface area (Å²) in [7, 11) is 0. The summed E-state index contributed by atoms with van der Waals surface area (Å²) < 4.78 is 0. The minimum absolute atomic E-state index is 0. The van der Waals surface area contributed by atoms with Crippen molar-refractivity contribution >= 4 is 18.9 Å². The van der Waals surface area contributed by atoms with E-state index >= 15 is 0 Å². The molecule has 0 aromatic rings. The van der Waals surface area contributed by atoms with E-state index in [-0.39, 0.29) is 40.6 Å². The summed E-state index contributed by atoms with van der Waals surface area (Å²) in [5.41, 5.74) is 0. The van der Waals surface area contributed by atoms with Crippen LogP contribution in [-0.2, 0) is 21.7 Å². The molecule has 0 aliphatic heterocycles. The van der Waals surface area contributed by atoms with Crippen molar-refractivity contribution in [2.24, 2.45) is 0 Å². The molecule has 0 saturated carbocycles. The van der Waals surface area contributed by atoms with Crippen molar-refractivity contribution < 1.29 is 32.2 Å². The Balaban J connectivity index is -0.00000000500. The Hall–Kier alpha value is 1.23. The van der Waals surface area contributed by atoms with Crippen molar-refractivity contribution in [3.8, 4) is 0 Å². The summed E-state index contributed by atoms with van der Waals surface area (Å²) in [6.45, 7) is 0. The molecule has 0 atom stereocenters. The third-order valence-electron chi connectivity index (χ3n) is 0. The SMILES string of the molecule is OO.[LiH].[Ti]. The molecule has 4 heteroatoms. The first-order valence-corrected chi connectivity index (χ1v) is 0.200. The van der Waals surface area contributed by atoms with Crippen molar-refractivity contribution in [2.75, 3.05) is 0 Å². The van der Waals surface area contributed by atoms with E-state index < -0.39 is 0 Å². The molecule has 0 aliphatic rings. The van der Waals surface area contributed by atoms with Gasteiger partial charge in [-0.1, -0.05) is 0 Å². The fourth-order valence-electron chi connectivity index (χ4n) is 0. The quantitative estimate of drug-likeness (QED) is 0.236. The second-order valence-electron chi connectivity index (χ2n) is 0. The third kappa shape index (κ3) is 10.6. The van der Waals surface area contributed by atoms with Crippen LogP contribution in [0, 0.1) is 0 Å². The van der Waals surface area contributed by atoms with Crippen LogP contribution in [0.1, 0.15) is 0 Å². The van der Waals surface area contributed by atoms with Crippen molar-refractivity contribution in [3.05, 3.63) is 0 Å². The molecular weight excluding hydrogens is 86.8 g/mol. The van der Waals surface area contributed by atoms with Crippen LogP contribution < -0.4 is 0 Å². The van der Waals surface area contributed by atoms with E-state index in [0.717, 1.165) is 0 Å². The Morgan fingerprint density at radius 1 is 1.00 bits per heavy atom. The van der Waals surface area contributed by atoms with Gasteiger partial charge in [-0.3, -0.25) is 10.5 Å². The van der Waals surface area contributed by atoms with Crippen LogP contribution in [0.25, 0.3) is 0 Å². The van der Waals surface area contributed by atoms with Gasteiger partial charge in [-0.15, -0.1) is 0 Å². The van der Waals surface area contributed by atoms with Crippen LogP contribution in [0.3, 0.4) is 0 Å². The number of hydrogen-bond donors (Lipinski definition) is 2. The molecule has 0 aromatic carbocycles. The summed E-state index contributed by atoms with van der Waals surface area (Å²) in [4.78, 5) is 0. The minimum atomic E-state index is 0. The van der Waals surface area contributed by atoms with Gasteiger partial charge in [0, 0.05) is 21.7 Å². The summed E-state index contributed by atoms with van der Waals surface area (Å²) in [5.74, 6) is 0. The molecule has 20 valence electrons. The zero-order chi connectivity index (χ0) is 2.00. The van der Waals surface area contributed by atoms with Gasteiger partial charge in [0.15, 0.2) is 0 Å². The van der Waals surface area contributed by atoms with Gasteiger partial charge in [0.25, 0.3) is 0 Å². The first kappa shape index (κ1) is 18.8. The largest absolute Gasteiger partial charge is 0 e. The summed E-state index contributed by atoms with van der Waals surface area (Å²) >= 11 is 0. The van der Waals surface area contributed by atoms with Gasteiger partial charge in [-0.25, -0.2) is 0 Å². The average molecular weight is 89.8 g/mol. The first-order chi connectivity index (χ1) is 1.00. The monoisotopic (exact) mass is 90.0 g/mol. The maximum absolute atomic E-state index is 6.00. The third-order valence-corrected chi connectivity index (χ3v) is 0. The van der Waals surface area contributed by atoms with E-state index in [1.807, 2.05) is 0 Å². The van der Waals surface area contributed by atoms with Crippen LogP contribution in [0.5, 0.6) is 0 Å². The smallest absolute Gasteiger partial charge is 0 e. The molecule has 0 bridgehead atoms. The van der Waals surface area contributed by atoms with Crippen LogP contribution in [0.15, 0.2) is 0 Å². The molecule has 0 unspecified atom stereocenters. The topological polar surface area (TPSA) is 40.5 Å². The summed E-state index contributed by atoms with van der Waals surface area (Å²) in [6.07, 6.45) is 0. The molecular formula is H3LiO2Ti. The molecule has 0 saturated heterocycles. The molecule has 0 amide bonds. The van der Waals surface area contributed by atoms with E-state index in [9.17, 15) is 0 Å². The van der Waals surface area contributed by atoms with E-state index in [1.54, 1.807) is 0 Å². The number of hydrogen-bond acceptors (Lipinski definition) is 2. The molecule has 0 fully saturated rings. The second-order valence-corrected chi connectivity index (χ2v) is 0. The molecule has 0 aliphatic carbocycles. The first-order valence-electron chi connectivity index (χ1n) is 0.200. The van der Waals surface area contributed by atoms with Crippen molar-refractivity contribution in [1.82, 2.24) is 0 Å². The second kappa shape index (κ2) is 29.1. The maximum atomic E-state index is 6.00. The number of rotatable bonds is 0. The van der Waals surface area contributed by atoms with E-state index in [1.165, 1.54) is 0 Å². The van der Waals surface area contributed by atoms with Crippen molar-refractivity contribution in [2.45, 2.75) is 0 Å². The predicted octanol–water partition coefficient (Wildman–Crippen LogP) is -0.634. The molecule has 0 radical (unpaired) electrons. The Bertz CT molecular complexity index is 6.00. The van der Waals surface area contributed by atoms with Crippen molar-refractivity contribution in [3.63, 3.8) is 0 Å². The van der Waals surface area contributed by atoms with E-state index in [2.05, 4.69) is 0 Å². The van der Waals surface area contributed by atoms with Gasteiger partial charge in [-0.05, 0) is 0 Å². The molecule has 4 heavy (non-hydrogen) atoms. The van der Waals surface area contributed by atoms with Gasteiger partial charge in [0.1, 0.15) is 0 Å². The van der Waals surface area contributed by atoms with E-state index in [4.69, 9.17) is 10.5 Å².